The third kappa shape index (κ3) is 4.80. The van der Waals surface area contributed by atoms with Gasteiger partial charge >= 0.3 is 0 Å². The second-order valence-electron chi connectivity index (χ2n) is 5.95. The van der Waals surface area contributed by atoms with Crippen LogP contribution in [0.4, 0.5) is 5.69 Å². The summed E-state index contributed by atoms with van der Waals surface area (Å²) in [4.78, 5) is 12.1. The predicted octanol–water partition coefficient (Wildman–Crippen LogP) is 3.05. The van der Waals surface area contributed by atoms with Crippen LogP contribution < -0.4 is 10.0 Å². The molecule has 1 amide bonds. The number of allylic oxidation sites excluding steroid dienone is 2. The largest absolute Gasteiger partial charge is 0.468 e. The fourth-order valence-electron chi connectivity index (χ4n) is 2.70. The Morgan fingerprint density at radius 2 is 2.00 bits per heavy atom. The monoisotopic (exact) mass is 360 g/mol. The lowest BCUT2D eigenvalue weighted by Crippen LogP contribution is -2.23. The Balaban J connectivity index is 1.57. The van der Waals surface area contributed by atoms with Crippen LogP contribution >= 0.6 is 0 Å². The number of hydrogen-bond acceptors (Lipinski definition) is 4. The molecule has 1 aromatic heterocycles. The molecule has 0 saturated carbocycles. The van der Waals surface area contributed by atoms with Crippen molar-refractivity contribution in [3.8, 4) is 0 Å². The Morgan fingerprint density at radius 1 is 1.20 bits per heavy atom. The van der Waals surface area contributed by atoms with E-state index in [0.717, 1.165) is 12.8 Å². The van der Waals surface area contributed by atoms with Gasteiger partial charge in [0.2, 0.25) is 15.9 Å². The molecule has 0 saturated heterocycles. The molecule has 25 heavy (non-hydrogen) atoms. The molecule has 0 unspecified atom stereocenters. The molecule has 2 N–H and O–H groups in total. The molecule has 2 aromatic rings. The van der Waals surface area contributed by atoms with Gasteiger partial charge in [-0.25, -0.2) is 13.1 Å². The Labute approximate surface area is 147 Å². The maximum absolute atomic E-state index is 12.2. The first-order valence-electron chi connectivity index (χ1n) is 8.11. The van der Waals surface area contributed by atoms with E-state index in [4.69, 9.17) is 4.42 Å². The van der Waals surface area contributed by atoms with Crippen molar-refractivity contribution < 1.29 is 17.6 Å². The second-order valence-corrected chi connectivity index (χ2v) is 7.71. The molecule has 0 fully saturated rings. The second kappa shape index (κ2) is 7.67. The smallest absolute Gasteiger partial charge is 0.240 e. The zero-order valence-electron chi connectivity index (χ0n) is 13.6. The van der Waals surface area contributed by atoms with Crippen LogP contribution in [0.15, 0.2) is 64.1 Å². The maximum Gasteiger partial charge on any atom is 0.240 e. The molecule has 6 nitrogen and oxygen atoms in total. The summed E-state index contributed by atoms with van der Waals surface area (Å²) < 4.78 is 32.1. The molecule has 0 radical (unpaired) electrons. The summed E-state index contributed by atoms with van der Waals surface area (Å²) in [7, 11) is -3.63. The minimum atomic E-state index is -3.63. The molecule has 1 atom stereocenters. The van der Waals surface area contributed by atoms with Gasteiger partial charge in [0.25, 0.3) is 0 Å². The van der Waals surface area contributed by atoms with Crippen LogP contribution in [0.1, 0.15) is 25.0 Å². The van der Waals surface area contributed by atoms with Crippen molar-refractivity contribution in [2.45, 2.75) is 30.7 Å². The lowest BCUT2D eigenvalue weighted by Gasteiger charge is -2.10. The van der Waals surface area contributed by atoms with E-state index >= 15 is 0 Å². The first-order valence-corrected chi connectivity index (χ1v) is 9.60. The molecular weight excluding hydrogens is 340 g/mol. The molecule has 7 heteroatoms. The zero-order valence-corrected chi connectivity index (χ0v) is 14.5. The van der Waals surface area contributed by atoms with Crippen LogP contribution in [0.3, 0.4) is 0 Å². The van der Waals surface area contributed by atoms with E-state index < -0.39 is 10.0 Å². The van der Waals surface area contributed by atoms with Crippen molar-refractivity contribution in [1.82, 2.24) is 4.72 Å². The van der Waals surface area contributed by atoms with Gasteiger partial charge in [-0.3, -0.25) is 4.79 Å². The van der Waals surface area contributed by atoms with Gasteiger partial charge in [0.15, 0.2) is 0 Å². The zero-order chi connectivity index (χ0) is 17.7. The Kier molecular flexibility index (Phi) is 5.35. The SMILES string of the molecule is O=C(C[C@H]1C=CCC1)Nc1ccc(S(=O)(=O)NCc2ccco2)cc1. The fourth-order valence-corrected chi connectivity index (χ4v) is 3.69. The van der Waals surface area contributed by atoms with Gasteiger partial charge in [-0.05, 0) is 55.2 Å². The molecule has 1 aromatic carbocycles. The number of benzene rings is 1. The van der Waals surface area contributed by atoms with Gasteiger partial charge in [0.05, 0.1) is 17.7 Å². The Bertz CT molecular complexity index is 840. The highest BCUT2D eigenvalue weighted by atomic mass is 32.2. The van der Waals surface area contributed by atoms with Crippen LogP contribution in [0.25, 0.3) is 0 Å². The number of carbonyl (C=O) groups excluding carboxylic acids is 1. The van der Waals surface area contributed by atoms with E-state index in [0.29, 0.717) is 23.8 Å². The Morgan fingerprint density at radius 3 is 2.64 bits per heavy atom. The van der Waals surface area contributed by atoms with E-state index in [-0.39, 0.29) is 17.3 Å². The van der Waals surface area contributed by atoms with Crippen molar-refractivity contribution in [3.63, 3.8) is 0 Å². The summed E-state index contributed by atoms with van der Waals surface area (Å²) >= 11 is 0. The van der Waals surface area contributed by atoms with Gasteiger partial charge in [-0.15, -0.1) is 0 Å². The Hall–Kier alpha value is -2.38. The normalized spacial score (nSPS) is 16.9. The van der Waals surface area contributed by atoms with E-state index in [9.17, 15) is 13.2 Å². The third-order valence-electron chi connectivity index (χ3n) is 4.02. The first kappa shape index (κ1) is 17.4. The van der Waals surface area contributed by atoms with Crippen LogP contribution in [0.2, 0.25) is 0 Å². The summed E-state index contributed by atoms with van der Waals surface area (Å²) in [5.74, 6) is 0.766. The molecule has 1 aliphatic carbocycles. The highest BCUT2D eigenvalue weighted by Gasteiger charge is 2.16. The lowest BCUT2D eigenvalue weighted by molar-refractivity contribution is -0.116. The topological polar surface area (TPSA) is 88.4 Å². The average Bonchev–Trinajstić information content (AvgIpc) is 3.27. The number of rotatable bonds is 7. The number of anilines is 1. The number of nitrogens with one attached hydrogen (secondary N) is 2. The summed E-state index contributed by atoms with van der Waals surface area (Å²) in [5, 5.41) is 2.80. The van der Waals surface area contributed by atoms with Gasteiger partial charge in [0.1, 0.15) is 5.76 Å². The number of amides is 1. The van der Waals surface area contributed by atoms with E-state index in [1.54, 1.807) is 24.3 Å². The summed E-state index contributed by atoms with van der Waals surface area (Å²) in [6.45, 7) is 0.0860. The molecule has 0 aliphatic heterocycles. The molecule has 3 rings (SSSR count). The molecule has 1 aliphatic rings. The predicted molar refractivity (Wildman–Crippen MR) is 94.3 cm³/mol. The van der Waals surface area contributed by atoms with Gasteiger partial charge in [-0.1, -0.05) is 12.2 Å². The van der Waals surface area contributed by atoms with Crippen LogP contribution in [-0.4, -0.2) is 14.3 Å². The number of sulfonamides is 1. The first-order chi connectivity index (χ1) is 12.0. The van der Waals surface area contributed by atoms with Crippen LogP contribution in [-0.2, 0) is 21.4 Å². The molecular formula is C18H20N2O4S. The van der Waals surface area contributed by atoms with Crippen molar-refractivity contribution >= 4 is 21.6 Å². The van der Waals surface area contributed by atoms with E-state index in [1.165, 1.54) is 18.4 Å². The molecule has 132 valence electrons. The summed E-state index contributed by atoms with van der Waals surface area (Å²) in [5.41, 5.74) is 0.581. The standard InChI is InChI=1S/C18H20N2O4S/c21-18(12-14-4-1-2-5-14)20-15-7-9-17(10-8-15)25(22,23)19-13-16-6-3-11-24-16/h1,3-4,6-11,14,19H,2,5,12-13H2,(H,20,21)/t14-/m0/s1. The molecule has 0 bridgehead atoms. The van der Waals surface area contributed by atoms with Crippen molar-refractivity contribution in [1.29, 1.82) is 0 Å². The van der Waals surface area contributed by atoms with E-state index in [1.807, 2.05) is 0 Å². The van der Waals surface area contributed by atoms with Crippen molar-refractivity contribution in [2.75, 3.05) is 5.32 Å². The minimum Gasteiger partial charge on any atom is -0.468 e. The highest BCUT2D eigenvalue weighted by molar-refractivity contribution is 7.89. The minimum absolute atomic E-state index is 0.0666. The number of hydrogen-bond donors (Lipinski definition) is 2. The average molecular weight is 360 g/mol. The quantitative estimate of drug-likeness (QED) is 0.743. The van der Waals surface area contributed by atoms with Crippen LogP contribution in [0.5, 0.6) is 0 Å². The molecule has 1 heterocycles. The van der Waals surface area contributed by atoms with Gasteiger partial charge < -0.3 is 9.73 Å². The maximum atomic E-state index is 12.2. The lowest BCUT2D eigenvalue weighted by atomic mass is 10.1. The molecule has 0 spiro atoms. The summed E-state index contributed by atoms with van der Waals surface area (Å²) in [6.07, 6.45) is 8.12. The summed E-state index contributed by atoms with van der Waals surface area (Å²) in [6, 6.07) is 9.50. The van der Waals surface area contributed by atoms with Crippen molar-refractivity contribution in [2.24, 2.45) is 5.92 Å². The van der Waals surface area contributed by atoms with Gasteiger partial charge in [-0.2, -0.15) is 0 Å². The van der Waals surface area contributed by atoms with E-state index in [2.05, 4.69) is 22.2 Å². The highest BCUT2D eigenvalue weighted by Crippen LogP contribution is 2.21. The third-order valence-corrected chi connectivity index (χ3v) is 5.44. The number of furan rings is 1. The van der Waals surface area contributed by atoms with Gasteiger partial charge in [0, 0.05) is 12.1 Å². The fraction of sp³-hybridized carbons (Fsp3) is 0.278. The van der Waals surface area contributed by atoms with Crippen molar-refractivity contribution in [3.05, 3.63) is 60.6 Å². The number of carbonyl (C=O) groups is 1. The van der Waals surface area contributed by atoms with Crippen LogP contribution in [0, 0.1) is 5.92 Å².